The van der Waals surface area contributed by atoms with Crippen LogP contribution >= 0.6 is 11.5 Å². The fourth-order valence-electron chi connectivity index (χ4n) is 1.24. The lowest BCUT2D eigenvalue weighted by molar-refractivity contribution is 0.0735. The van der Waals surface area contributed by atoms with E-state index < -0.39 is 5.97 Å². The van der Waals surface area contributed by atoms with E-state index >= 15 is 0 Å². The van der Waals surface area contributed by atoms with E-state index in [1.807, 2.05) is 0 Å². The number of ether oxygens (including phenoxy) is 2. The quantitative estimate of drug-likeness (QED) is 0.665. The van der Waals surface area contributed by atoms with Gasteiger partial charge in [0.1, 0.15) is 10.7 Å². The normalized spacial score (nSPS) is 9.94. The van der Waals surface area contributed by atoms with Gasteiger partial charge in [-0.25, -0.2) is 4.79 Å². The highest BCUT2D eigenvalue weighted by molar-refractivity contribution is 7.08. The Morgan fingerprint density at radius 3 is 2.65 bits per heavy atom. The van der Waals surface area contributed by atoms with Gasteiger partial charge < -0.3 is 15.2 Å². The van der Waals surface area contributed by atoms with Crippen LogP contribution in [0.15, 0.2) is 30.3 Å². The van der Waals surface area contributed by atoms with Crippen molar-refractivity contribution < 1.29 is 14.3 Å². The second-order valence-electron chi connectivity index (χ2n) is 3.16. The molecule has 1 aromatic carbocycles. The number of anilines is 1. The van der Waals surface area contributed by atoms with Crippen molar-refractivity contribution in [1.29, 1.82) is 0 Å². The number of aromatic nitrogens is 1. The molecule has 0 atom stereocenters. The Labute approximate surface area is 102 Å². The molecule has 0 fully saturated rings. The summed E-state index contributed by atoms with van der Waals surface area (Å²) in [6.07, 6.45) is 0. The van der Waals surface area contributed by atoms with E-state index in [1.165, 1.54) is 13.2 Å². The number of carbonyl (C=O) groups excluding carboxylic acids is 1. The van der Waals surface area contributed by atoms with Crippen molar-refractivity contribution in [2.75, 3.05) is 12.8 Å². The number of carbonyl (C=O) groups is 1. The first kappa shape index (κ1) is 11.4. The minimum Gasteiger partial charge on any atom is -0.493 e. The Bertz CT molecular complexity index is 539. The van der Waals surface area contributed by atoms with Crippen molar-refractivity contribution >= 4 is 23.3 Å². The first-order valence-electron chi connectivity index (χ1n) is 4.78. The molecule has 0 saturated heterocycles. The van der Waals surface area contributed by atoms with Crippen molar-refractivity contribution in [3.8, 4) is 11.5 Å². The van der Waals surface area contributed by atoms with Gasteiger partial charge in [-0.2, -0.15) is 4.37 Å². The first-order chi connectivity index (χ1) is 8.20. The molecule has 0 radical (unpaired) electrons. The summed E-state index contributed by atoms with van der Waals surface area (Å²) in [5.74, 6) is 0.677. The van der Waals surface area contributed by atoms with Crippen LogP contribution in [0.5, 0.6) is 11.5 Å². The average Bonchev–Trinajstić information content (AvgIpc) is 2.77. The van der Waals surface area contributed by atoms with Gasteiger partial charge >= 0.3 is 5.97 Å². The number of hydrogen-bond acceptors (Lipinski definition) is 6. The smallest absolute Gasteiger partial charge is 0.355 e. The van der Waals surface area contributed by atoms with Crippen LogP contribution in [0.1, 0.15) is 9.67 Å². The van der Waals surface area contributed by atoms with Gasteiger partial charge in [0.25, 0.3) is 0 Å². The van der Waals surface area contributed by atoms with Crippen LogP contribution in [0.4, 0.5) is 5.82 Å². The second kappa shape index (κ2) is 4.84. The zero-order valence-corrected chi connectivity index (χ0v) is 9.86. The number of esters is 1. The summed E-state index contributed by atoms with van der Waals surface area (Å²) in [5.41, 5.74) is 5.43. The maximum absolute atomic E-state index is 11.7. The molecule has 1 aromatic heterocycles. The van der Waals surface area contributed by atoms with E-state index in [0.717, 1.165) is 11.5 Å². The molecule has 2 N–H and O–H groups in total. The zero-order chi connectivity index (χ0) is 12.3. The van der Waals surface area contributed by atoms with E-state index in [-0.39, 0.29) is 0 Å². The summed E-state index contributed by atoms with van der Waals surface area (Å²) in [7, 11) is 1.51. The minimum atomic E-state index is -0.497. The van der Waals surface area contributed by atoms with Crippen molar-refractivity contribution in [3.63, 3.8) is 0 Å². The Morgan fingerprint density at radius 1 is 1.35 bits per heavy atom. The summed E-state index contributed by atoms with van der Waals surface area (Å²) >= 11 is 1.000. The first-order valence-corrected chi connectivity index (χ1v) is 5.55. The van der Waals surface area contributed by atoms with Crippen LogP contribution in [0.2, 0.25) is 0 Å². The third-order valence-corrected chi connectivity index (χ3v) is 2.78. The van der Waals surface area contributed by atoms with E-state index in [9.17, 15) is 4.79 Å². The summed E-state index contributed by atoms with van der Waals surface area (Å²) in [4.78, 5) is 12.1. The number of benzene rings is 1. The highest BCUT2D eigenvalue weighted by atomic mass is 32.1. The van der Waals surface area contributed by atoms with Gasteiger partial charge in [-0.05, 0) is 23.7 Å². The molecule has 5 nitrogen and oxygen atoms in total. The van der Waals surface area contributed by atoms with Gasteiger partial charge in [0.15, 0.2) is 11.5 Å². The van der Waals surface area contributed by atoms with Crippen LogP contribution in [0.3, 0.4) is 0 Å². The number of nitrogen functional groups attached to an aromatic ring is 1. The second-order valence-corrected chi connectivity index (χ2v) is 3.96. The van der Waals surface area contributed by atoms with E-state index in [0.29, 0.717) is 22.2 Å². The largest absolute Gasteiger partial charge is 0.493 e. The monoisotopic (exact) mass is 250 g/mol. The molecule has 1 heterocycles. The molecule has 2 aromatic rings. The Kier molecular flexibility index (Phi) is 3.24. The number of nitrogens with two attached hydrogens (primary N) is 1. The molecule has 0 spiro atoms. The maximum atomic E-state index is 11.7. The van der Waals surface area contributed by atoms with Crippen LogP contribution in [0, 0.1) is 0 Å². The van der Waals surface area contributed by atoms with E-state index in [1.54, 1.807) is 24.3 Å². The zero-order valence-electron chi connectivity index (χ0n) is 9.04. The molecule has 88 valence electrons. The average molecular weight is 250 g/mol. The van der Waals surface area contributed by atoms with Crippen LogP contribution in [0.25, 0.3) is 0 Å². The lowest BCUT2D eigenvalue weighted by Gasteiger charge is -2.07. The molecule has 0 bridgehead atoms. The van der Waals surface area contributed by atoms with Gasteiger partial charge in [-0.15, -0.1) is 0 Å². The lowest BCUT2D eigenvalue weighted by atomic mass is 10.3. The standard InChI is InChI=1S/C11H10N2O3S/c1-15-7-4-2-3-5-8(7)16-11(14)9-6-10(12)13-17-9/h2-6H,1H3,(H2,12,13). The molecule has 0 amide bonds. The highest BCUT2D eigenvalue weighted by Crippen LogP contribution is 2.27. The minimum absolute atomic E-state index is 0.307. The van der Waals surface area contributed by atoms with Gasteiger partial charge in [0.2, 0.25) is 0 Å². The van der Waals surface area contributed by atoms with Crippen molar-refractivity contribution in [1.82, 2.24) is 4.37 Å². The van der Waals surface area contributed by atoms with Crippen LogP contribution < -0.4 is 15.2 Å². The third kappa shape index (κ3) is 2.54. The van der Waals surface area contributed by atoms with Gasteiger partial charge in [-0.3, -0.25) is 0 Å². The molecular weight excluding hydrogens is 240 g/mol. The fourth-order valence-corrected chi connectivity index (χ4v) is 1.78. The maximum Gasteiger partial charge on any atom is 0.355 e. The van der Waals surface area contributed by atoms with Gasteiger partial charge in [0, 0.05) is 6.07 Å². The topological polar surface area (TPSA) is 74.4 Å². The summed E-state index contributed by atoms with van der Waals surface area (Å²) in [6.45, 7) is 0. The van der Waals surface area contributed by atoms with Crippen molar-refractivity contribution in [3.05, 3.63) is 35.2 Å². The summed E-state index contributed by atoms with van der Waals surface area (Å²) < 4.78 is 14.1. The Hall–Kier alpha value is -2.08. The number of para-hydroxylation sites is 2. The predicted octanol–water partition coefficient (Wildman–Crippen LogP) is 1.95. The van der Waals surface area contributed by atoms with Crippen LogP contribution in [-0.4, -0.2) is 17.5 Å². The molecule has 0 aliphatic heterocycles. The van der Waals surface area contributed by atoms with E-state index in [4.69, 9.17) is 15.2 Å². The highest BCUT2D eigenvalue weighted by Gasteiger charge is 2.14. The number of hydrogen-bond donors (Lipinski definition) is 1. The van der Waals surface area contributed by atoms with Gasteiger partial charge in [-0.1, -0.05) is 12.1 Å². The van der Waals surface area contributed by atoms with E-state index in [2.05, 4.69) is 4.37 Å². The molecule has 6 heteroatoms. The number of nitrogens with zero attached hydrogens (tertiary/aromatic N) is 1. The molecule has 0 aliphatic rings. The fraction of sp³-hybridized carbons (Fsp3) is 0.0909. The molecule has 0 aliphatic carbocycles. The number of rotatable bonds is 3. The molecule has 17 heavy (non-hydrogen) atoms. The van der Waals surface area contributed by atoms with Crippen molar-refractivity contribution in [2.24, 2.45) is 0 Å². The SMILES string of the molecule is COc1ccccc1OC(=O)c1cc(N)ns1. The Balaban J connectivity index is 2.18. The summed E-state index contributed by atoms with van der Waals surface area (Å²) in [6, 6.07) is 8.39. The molecule has 0 unspecified atom stereocenters. The third-order valence-electron chi connectivity index (χ3n) is 2.00. The predicted molar refractivity (Wildman–Crippen MR) is 64.5 cm³/mol. The lowest BCUT2D eigenvalue weighted by Crippen LogP contribution is -2.07. The van der Waals surface area contributed by atoms with Crippen LogP contribution in [-0.2, 0) is 0 Å². The molecular formula is C11H10N2O3S. The summed E-state index contributed by atoms with van der Waals surface area (Å²) in [5, 5.41) is 0. The van der Waals surface area contributed by atoms with Gasteiger partial charge in [0.05, 0.1) is 7.11 Å². The molecule has 0 saturated carbocycles. The van der Waals surface area contributed by atoms with Crippen molar-refractivity contribution in [2.45, 2.75) is 0 Å². The number of methoxy groups -OCH3 is 1. The Morgan fingerprint density at radius 2 is 2.06 bits per heavy atom. The molecule has 2 rings (SSSR count).